The Morgan fingerprint density at radius 3 is 2.54 bits per heavy atom. The molecule has 3 rings (SSSR count). The summed E-state index contributed by atoms with van der Waals surface area (Å²) in [6.45, 7) is 2.63. The summed E-state index contributed by atoms with van der Waals surface area (Å²) in [4.78, 5) is 26.3. The molecule has 0 aromatic heterocycles. The van der Waals surface area contributed by atoms with Gasteiger partial charge in [-0.15, -0.1) is 0 Å². The summed E-state index contributed by atoms with van der Waals surface area (Å²) in [6.07, 6.45) is 3.83. The Labute approximate surface area is 141 Å². The van der Waals surface area contributed by atoms with Gasteiger partial charge in [0.1, 0.15) is 6.04 Å². The molecule has 2 aromatic rings. The summed E-state index contributed by atoms with van der Waals surface area (Å²) in [6, 6.07) is 17.0. The zero-order valence-electron chi connectivity index (χ0n) is 13.6. The Kier molecular flexibility index (Phi) is 4.75. The molecule has 1 aliphatic heterocycles. The number of rotatable bonds is 4. The lowest BCUT2D eigenvalue weighted by atomic mass is 10.2. The van der Waals surface area contributed by atoms with Gasteiger partial charge in [-0.05, 0) is 37.1 Å². The number of carbonyl (C=O) groups excluding carboxylic acids is 2. The highest BCUT2D eigenvalue weighted by Crippen LogP contribution is 2.22. The number of amides is 2. The summed E-state index contributed by atoms with van der Waals surface area (Å²) < 4.78 is 0. The van der Waals surface area contributed by atoms with E-state index in [0.717, 1.165) is 16.8 Å². The monoisotopic (exact) mass is 320 g/mol. The molecule has 0 bridgehead atoms. The quantitative estimate of drug-likeness (QED) is 0.881. The normalized spacial score (nSPS) is 17.5. The van der Waals surface area contributed by atoms with Crippen LogP contribution in [0.5, 0.6) is 0 Å². The van der Waals surface area contributed by atoms with E-state index in [1.807, 2.05) is 61.5 Å². The summed E-state index contributed by atoms with van der Waals surface area (Å²) in [5.41, 5.74) is 2.98. The molecule has 2 amide bonds. The van der Waals surface area contributed by atoms with Gasteiger partial charge in [0.25, 0.3) is 0 Å². The van der Waals surface area contributed by atoms with Crippen LogP contribution in [0.1, 0.15) is 17.5 Å². The highest BCUT2D eigenvalue weighted by atomic mass is 16.2. The van der Waals surface area contributed by atoms with Crippen molar-refractivity contribution in [1.82, 2.24) is 5.32 Å². The minimum Gasteiger partial charge on any atom is -0.341 e. The smallest absolute Gasteiger partial charge is 0.249 e. The molecular formula is C20H20N2O2. The van der Waals surface area contributed by atoms with Crippen molar-refractivity contribution in [2.24, 2.45) is 0 Å². The topological polar surface area (TPSA) is 49.4 Å². The van der Waals surface area contributed by atoms with Gasteiger partial charge < -0.3 is 10.2 Å². The van der Waals surface area contributed by atoms with Crippen LogP contribution in [0.3, 0.4) is 0 Å². The minimum atomic E-state index is -0.459. The number of anilines is 1. The Morgan fingerprint density at radius 1 is 1.12 bits per heavy atom. The third-order valence-corrected chi connectivity index (χ3v) is 4.09. The van der Waals surface area contributed by atoms with Crippen molar-refractivity contribution in [3.8, 4) is 0 Å². The van der Waals surface area contributed by atoms with Gasteiger partial charge in [0.05, 0.1) is 0 Å². The SMILES string of the molecule is Cc1ccc(N2CC[C@@H](NC(=O)/C=C/c3ccccc3)C2=O)cc1. The molecular weight excluding hydrogens is 300 g/mol. The summed E-state index contributed by atoms with van der Waals surface area (Å²) in [5.74, 6) is -0.303. The molecule has 0 radical (unpaired) electrons. The first kappa shape index (κ1) is 16.0. The zero-order chi connectivity index (χ0) is 16.9. The largest absolute Gasteiger partial charge is 0.341 e. The van der Waals surface area contributed by atoms with Gasteiger partial charge in [-0.1, -0.05) is 48.0 Å². The molecule has 0 unspecified atom stereocenters. The molecule has 2 aromatic carbocycles. The van der Waals surface area contributed by atoms with Crippen molar-refractivity contribution in [3.63, 3.8) is 0 Å². The molecule has 24 heavy (non-hydrogen) atoms. The van der Waals surface area contributed by atoms with Gasteiger partial charge in [-0.25, -0.2) is 0 Å². The minimum absolute atomic E-state index is 0.0553. The van der Waals surface area contributed by atoms with E-state index in [9.17, 15) is 9.59 Å². The van der Waals surface area contributed by atoms with Crippen LogP contribution in [-0.2, 0) is 9.59 Å². The molecule has 122 valence electrons. The fraction of sp³-hybridized carbons (Fsp3) is 0.200. The van der Waals surface area contributed by atoms with Crippen molar-refractivity contribution in [2.45, 2.75) is 19.4 Å². The molecule has 1 fully saturated rings. The Hall–Kier alpha value is -2.88. The average Bonchev–Trinajstić information content (AvgIpc) is 2.95. The summed E-state index contributed by atoms with van der Waals surface area (Å²) in [7, 11) is 0. The van der Waals surface area contributed by atoms with Crippen molar-refractivity contribution >= 4 is 23.6 Å². The van der Waals surface area contributed by atoms with Crippen molar-refractivity contribution < 1.29 is 9.59 Å². The molecule has 1 aliphatic rings. The second kappa shape index (κ2) is 7.13. The van der Waals surface area contributed by atoms with Crippen LogP contribution in [-0.4, -0.2) is 24.4 Å². The molecule has 0 saturated carbocycles. The Balaban J connectivity index is 1.60. The first-order valence-electron chi connectivity index (χ1n) is 8.05. The maximum atomic E-state index is 12.5. The van der Waals surface area contributed by atoms with Crippen molar-refractivity contribution in [1.29, 1.82) is 0 Å². The van der Waals surface area contributed by atoms with Gasteiger partial charge >= 0.3 is 0 Å². The molecule has 0 spiro atoms. The summed E-state index contributed by atoms with van der Waals surface area (Å²) in [5, 5.41) is 2.79. The first-order chi connectivity index (χ1) is 11.6. The molecule has 4 heteroatoms. The van der Waals surface area contributed by atoms with E-state index < -0.39 is 6.04 Å². The van der Waals surface area contributed by atoms with Crippen LogP contribution >= 0.6 is 0 Å². The third-order valence-electron chi connectivity index (χ3n) is 4.09. The molecule has 1 N–H and O–H groups in total. The Bertz CT molecular complexity index is 751. The number of carbonyl (C=O) groups is 2. The van der Waals surface area contributed by atoms with E-state index in [4.69, 9.17) is 0 Å². The van der Waals surface area contributed by atoms with E-state index in [-0.39, 0.29) is 11.8 Å². The average molecular weight is 320 g/mol. The van der Waals surface area contributed by atoms with Gasteiger partial charge in [0.15, 0.2) is 0 Å². The number of nitrogens with one attached hydrogen (secondary N) is 1. The van der Waals surface area contributed by atoms with Crippen LogP contribution in [0, 0.1) is 6.92 Å². The summed E-state index contributed by atoms with van der Waals surface area (Å²) >= 11 is 0. The van der Waals surface area contributed by atoms with E-state index in [2.05, 4.69) is 5.32 Å². The number of benzene rings is 2. The maximum Gasteiger partial charge on any atom is 0.249 e. The predicted molar refractivity (Wildman–Crippen MR) is 95.6 cm³/mol. The van der Waals surface area contributed by atoms with Gasteiger partial charge in [0.2, 0.25) is 11.8 Å². The zero-order valence-corrected chi connectivity index (χ0v) is 13.6. The van der Waals surface area contributed by atoms with Crippen LogP contribution < -0.4 is 10.2 Å². The van der Waals surface area contributed by atoms with Crippen LogP contribution in [0.4, 0.5) is 5.69 Å². The number of nitrogens with zero attached hydrogens (tertiary/aromatic N) is 1. The van der Waals surface area contributed by atoms with Gasteiger partial charge in [-0.3, -0.25) is 9.59 Å². The lowest BCUT2D eigenvalue weighted by Crippen LogP contribution is -2.40. The first-order valence-corrected chi connectivity index (χ1v) is 8.05. The number of hydrogen-bond donors (Lipinski definition) is 1. The molecule has 1 atom stereocenters. The number of hydrogen-bond acceptors (Lipinski definition) is 2. The fourth-order valence-electron chi connectivity index (χ4n) is 2.75. The lowest BCUT2D eigenvalue weighted by molar-refractivity contribution is -0.123. The van der Waals surface area contributed by atoms with Crippen LogP contribution in [0.2, 0.25) is 0 Å². The molecule has 1 saturated heterocycles. The van der Waals surface area contributed by atoms with E-state index in [1.54, 1.807) is 11.0 Å². The predicted octanol–water partition coefficient (Wildman–Crippen LogP) is 2.93. The molecule has 4 nitrogen and oxygen atoms in total. The molecule has 1 heterocycles. The van der Waals surface area contributed by atoms with Crippen LogP contribution in [0.15, 0.2) is 60.7 Å². The number of aryl methyl sites for hydroxylation is 1. The lowest BCUT2D eigenvalue weighted by Gasteiger charge is -2.17. The van der Waals surface area contributed by atoms with E-state index in [0.29, 0.717) is 13.0 Å². The standard InChI is InChI=1S/C20H20N2O2/c1-15-7-10-17(11-8-15)22-14-13-18(20(22)24)21-19(23)12-9-16-5-3-2-4-6-16/h2-12,18H,13-14H2,1H3,(H,21,23)/b12-9+/t18-/m1/s1. The second-order valence-electron chi connectivity index (χ2n) is 5.92. The highest BCUT2D eigenvalue weighted by molar-refractivity contribution is 6.03. The van der Waals surface area contributed by atoms with Gasteiger partial charge in [-0.2, -0.15) is 0 Å². The molecule has 0 aliphatic carbocycles. The highest BCUT2D eigenvalue weighted by Gasteiger charge is 2.33. The van der Waals surface area contributed by atoms with E-state index >= 15 is 0 Å². The third kappa shape index (κ3) is 3.71. The van der Waals surface area contributed by atoms with E-state index in [1.165, 1.54) is 6.08 Å². The maximum absolute atomic E-state index is 12.5. The van der Waals surface area contributed by atoms with Gasteiger partial charge in [0, 0.05) is 18.3 Å². The second-order valence-corrected chi connectivity index (χ2v) is 5.92. The van der Waals surface area contributed by atoms with Crippen molar-refractivity contribution in [3.05, 3.63) is 71.8 Å². The van der Waals surface area contributed by atoms with Crippen molar-refractivity contribution in [2.75, 3.05) is 11.4 Å². The van der Waals surface area contributed by atoms with Crippen LogP contribution in [0.25, 0.3) is 6.08 Å². The fourth-order valence-corrected chi connectivity index (χ4v) is 2.75. The Morgan fingerprint density at radius 2 is 1.83 bits per heavy atom.